The van der Waals surface area contributed by atoms with Gasteiger partial charge < -0.3 is 10.1 Å². The normalized spacial score (nSPS) is 10.2. The number of carbonyl (C=O) groups excluding carboxylic acids is 2. The van der Waals surface area contributed by atoms with Gasteiger partial charge in [-0.1, -0.05) is 17.7 Å². The molecule has 0 radical (unpaired) electrons. The van der Waals surface area contributed by atoms with Crippen LogP contribution in [0.1, 0.15) is 26.3 Å². The Morgan fingerprint density at radius 1 is 1.18 bits per heavy atom. The highest BCUT2D eigenvalue weighted by atomic mass is 35.5. The molecule has 0 saturated carbocycles. The van der Waals surface area contributed by atoms with Crippen molar-refractivity contribution in [3.05, 3.63) is 63.9 Å². The Labute approximate surface area is 131 Å². The zero-order valence-electron chi connectivity index (χ0n) is 11.9. The molecule has 2 aromatic carbocycles. The number of rotatable bonds is 3. The van der Waals surface area contributed by atoms with E-state index in [1.807, 2.05) is 0 Å². The number of methoxy groups -OCH3 is 1. The van der Waals surface area contributed by atoms with E-state index in [4.69, 9.17) is 11.6 Å². The van der Waals surface area contributed by atoms with Crippen molar-refractivity contribution in [3.63, 3.8) is 0 Å². The zero-order chi connectivity index (χ0) is 16.3. The highest BCUT2D eigenvalue weighted by molar-refractivity contribution is 6.34. The van der Waals surface area contributed by atoms with Gasteiger partial charge in [-0.3, -0.25) is 4.79 Å². The number of hydrogen-bond acceptors (Lipinski definition) is 3. The van der Waals surface area contributed by atoms with Gasteiger partial charge in [-0.15, -0.1) is 0 Å². The van der Waals surface area contributed by atoms with Gasteiger partial charge in [-0.2, -0.15) is 0 Å². The van der Waals surface area contributed by atoms with E-state index in [0.717, 1.165) is 17.7 Å². The van der Waals surface area contributed by atoms with Gasteiger partial charge in [0.2, 0.25) is 0 Å². The number of ether oxygens (including phenoxy) is 1. The first-order valence-electron chi connectivity index (χ1n) is 6.37. The van der Waals surface area contributed by atoms with Crippen molar-refractivity contribution in [1.82, 2.24) is 0 Å². The molecule has 1 N–H and O–H groups in total. The van der Waals surface area contributed by atoms with E-state index < -0.39 is 17.7 Å². The van der Waals surface area contributed by atoms with Crippen LogP contribution in [0.15, 0.2) is 36.4 Å². The third-order valence-corrected chi connectivity index (χ3v) is 3.40. The van der Waals surface area contributed by atoms with Crippen LogP contribution in [-0.4, -0.2) is 19.0 Å². The fraction of sp³-hybridized carbons (Fsp3) is 0.125. The summed E-state index contributed by atoms with van der Waals surface area (Å²) in [5.41, 5.74) is 1.67. The molecular formula is C16H13ClFNO3. The van der Waals surface area contributed by atoms with Crippen molar-refractivity contribution < 1.29 is 18.7 Å². The highest BCUT2D eigenvalue weighted by Crippen LogP contribution is 2.22. The lowest BCUT2D eigenvalue weighted by Gasteiger charge is -2.11. The lowest BCUT2D eigenvalue weighted by Crippen LogP contribution is -2.14. The molecule has 2 aromatic rings. The standard InChI is InChI=1S/C16H13ClFNO3/c1-9-3-4-10(16(21)22-2)7-14(9)19-15(20)12-6-5-11(18)8-13(12)17/h3-8H,1-2H3,(H,19,20). The Kier molecular flexibility index (Phi) is 4.78. The minimum Gasteiger partial charge on any atom is -0.465 e. The van der Waals surface area contributed by atoms with E-state index in [1.54, 1.807) is 19.1 Å². The summed E-state index contributed by atoms with van der Waals surface area (Å²) in [6.07, 6.45) is 0. The molecular weight excluding hydrogens is 309 g/mol. The van der Waals surface area contributed by atoms with E-state index in [2.05, 4.69) is 10.1 Å². The second kappa shape index (κ2) is 6.58. The number of hydrogen-bond donors (Lipinski definition) is 1. The van der Waals surface area contributed by atoms with Crippen LogP contribution in [0.2, 0.25) is 5.02 Å². The van der Waals surface area contributed by atoms with Crippen molar-refractivity contribution in [2.75, 3.05) is 12.4 Å². The Morgan fingerprint density at radius 2 is 1.91 bits per heavy atom. The minimum atomic E-state index is -0.523. The molecule has 0 unspecified atom stereocenters. The zero-order valence-corrected chi connectivity index (χ0v) is 12.7. The summed E-state index contributed by atoms with van der Waals surface area (Å²) in [6, 6.07) is 8.31. The molecule has 114 valence electrons. The fourth-order valence-electron chi connectivity index (χ4n) is 1.86. The smallest absolute Gasteiger partial charge is 0.337 e. The maximum Gasteiger partial charge on any atom is 0.337 e. The molecule has 0 spiro atoms. The Hall–Kier alpha value is -2.40. The summed E-state index contributed by atoms with van der Waals surface area (Å²) in [7, 11) is 1.28. The number of amides is 1. The minimum absolute atomic E-state index is 0.0132. The maximum absolute atomic E-state index is 13.0. The van der Waals surface area contributed by atoms with E-state index in [1.165, 1.54) is 19.2 Å². The van der Waals surface area contributed by atoms with Crippen molar-refractivity contribution in [1.29, 1.82) is 0 Å². The number of carbonyl (C=O) groups is 2. The van der Waals surface area contributed by atoms with Gasteiger partial charge in [0.25, 0.3) is 5.91 Å². The van der Waals surface area contributed by atoms with Gasteiger partial charge in [0, 0.05) is 5.69 Å². The molecule has 1 amide bonds. The first-order chi connectivity index (χ1) is 10.4. The second-order valence-electron chi connectivity index (χ2n) is 4.60. The van der Waals surface area contributed by atoms with Crippen LogP contribution in [0.5, 0.6) is 0 Å². The monoisotopic (exact) mass is 321 g/mol. The van der Waals surface area contributed by atoms with Crippen LogP contribution in [-0.2, 0) is 4.74 Å². The molecule has 0 fully saturated rings. The average molecular weight is 322 g/mol. The van der Waals surface area contributed by atoms with E-state index in [-0.39, 0.29) is 10.6 Å². The lowest BCUT2D eigenvalue weighted by atomic mass is 10.1. The van der Waals surface area contributed by atoms with Crippen molar-refractivity contribution in [2.45, 2.75) is 6.92 Å². The third-order valence-electron chi connectivity index (χ3n) is 3.08. The molecule has 6 heteroatoms. The molecule has 0 aliphatic carbocycles. The number of benzene rings is 2. The summed E-state index contributed by atoms with van der Waals surface area (Å²) < 4.78 is 17.7. The molecule has 4 nitrogen and oxygen atoms in total. The summed E-state index contributed by atoms with van der Waals surface area (Å²) in [4.78, 5) is 23.7. The van der Waals surface area contributed by atoms with Crippen LogP contribution in [0.4, 0.5) is 10.1 Å². The summed E-state index contributed by atoms with van der Waals surface area (Å²) in [6.45, 7) is 1.78. The number of halogens is 2. The fourth-order valence-corrected chi connectivity index (χ4v) is 2.12. The third kappa shape index (κ3) is 3.43. The number of esters is 1. The van der Waals surface area contributed by atoms with Gasteiger partial charge in [-0.05, 0) is 42.8 Å². The van der Waals surface area contributed by atoms with Crippen LogP contribution in [0.25, 0.3) is 0 Å². The van der Waals surface area contributed by atoms with Crippen molar-refractivity contribution in [2.24, 2.45) is 0 Å². The van der Waals surface area contributed by atoms with E-state index >= 15 is 0 Å². The Balaban J connectivity index is 2.29. The summed E-state index contributed by atoms with van der Waals surface area (Å²) in [5.74, 6) is -1.52. The molecule has 0 heterocycles. The van der Waals surface area contributed by atoms with Gasteiger partial charge in [0.05, 0.1) is 23.3 Å². The quantitative estimate of drug-likeness (QED) is 0.874. The lowest BCUT2D eigenvalue weighted by molar-refractivity contribution is 0.0600. The molecule has 0 atom stereocenters. The SMILES string of the molecule is COC(=O)c1ccc(C)c(NC(=O)c2ccc(F)cc2Cl)c1. The van der Waals surface area contributed by atoms with Crippen molar-refractivity contribution in [3.8, 4) is 0 Å². The van der Waals surface area contributed by atoms with Gasteiger partial charge in [0.1, 0.15) is 5.82 Å². The van der Waals surface area contributed by atoms with Gasteiger partial charge in [0.15, 0.2) is 0 Å². The predicted octanol–water partition coefficient (Wildman–Crippen LogP) is 3.83. The largest absolute Gasteiger partial charge is 0.465 e. The first-order valence-corrected chi connectivity index (χ1v) is 6.75. The predicted molar refractivity (Wildman–Crippen MR) is 81.9 cm³/mol. The topological polar surface area (TPSA) is 55.4 Å². The highest BCUT2D eigenvalue weighted by Gasteiger charge is 2.14. The second-order valence-corrected chi connectivity index (χ2v) is 5.01. The summed E-state index contributed by atoms with van der Waals surface area (Å²) >= 11 is 5.86. The first kappa shape index (κ1) is 16.0. The van der Waals surface area contributed by atoms with Crippen LogP contribution in [0.3, 0.4) is 0 Å². The molecule has 2 rings (SSSR count). The molecule has 0 bridgehead atoms. The molecule has 0 saturated heterocycles. The van der Waals surface area contributed by atoms with Crippen molar-refractivity contribution >= 4 is 29.2 Å². The van der Waals surface area contributed by atoms with Crippen LogP contribution < -0.4 is 5.32 Å². The number of anilines is 1. The number of aryl methyl sites for hydroxylation is 1. The Morgan fingerprint density at radius 3 is 2.55 bits per heavy atom. The molecule has 0 aliphatic rings. The maximum atomic E-state index is 13.0. The summed E-state index contributed by atoms with van der Waals surface area (Å²) in [5, 5.41) is 2.67. The van der Waals surface area contributed by atoms with Gasteiger partial charge in [-0.25, -0.2) is 9.18 Å². The molecule has 0 aliphatic heterocycles. The van der Waals surface area contributed by atoms with E-state index in [0.29, 0.717) is 11.3 Å². The average Bonchev–Trinajstić information content (AvgIpc) is 2.48. The Bertz CT molecular complexity index is 746. The van der Waals surface area contributed by atoms with Crippen LogP contribution >= 0.6 is 11.6 Å². The van der Waals surface area contributed by atoms with E-state index in [9.17, 15) is 14.0 Å². The number of nitrogens with one attached hydrogen (secondary N) is 1. The van der Waals surface area contributed by atoms with Gasteiger partial charge >= 0.3 is 5.97 Å². The molecule has 0 aromatic heterocycles. The molecule has 22 heavy (non-hydrogen) atoms. The van der Waals surface area contributed by atoms with Crippen LogP contribution in [0, 0.1) is 12.7 Å².